The molecular formula is C7H8BFO5S. The van der Waals surface area contributed by atoms with Crippen LogP contribution in [0.5, 0.6) is 5.75 Å². The van der Waals surface area contributed by atoms with Gasteiger partial charge < -0.3 is 14.7 Å². The lowest BCUT2D eigenvalue weighted by Gasteiger charge is -2.07. The van der Waals surface area contributed by atoms with Crippen molar-refractivity contribution in [2.24, 2.45) is 0 Å². The molecule has 8 heteroatoms. The first-order valence-corrected chi connectivity index (χ1v) is 5.72. The van der Waals surface area contributed by atoms with Gasteiger partial charge in [-0.25, -0.2) is 12.8 Å². The lowest BCUT2D eigenvalue weighted by molar-refractivity contribution is 0.281. The highest BCUT2D eigenvalue weighted by Crippen LogP contribution is 2.21. The maximum Gasteiger partial charge on any atom is 0.707 e. The number of sulfone groups is 1. The average Bonchev–Trinajstić information content (AvgIpc) is 2.06. The highest BCUT2D eigenvalue weighted by Gasteiger charge is 2.17. The summed E-state index contributed by atoms with van der Waals surface area (Å²) in [7, 11) is -5.69. The van der Waals surface area contributed by atoms with Crippen LogP contribution in [0, 0.1) is 5.82 Å². The summed E-state index contributed by atoms with van der Waals surface area (Å²) in [6.07, 6.45) is 0.944. The SMILES string of the molecule is CS(=O)(=O)c1ccc(F)c(OB(O)O)c1. The summed E-state index contributed by atoms with van der Waals surface area (Å²) in [6, 6.07) is 2.81. The molecule has 5 nitrogen and oxygen atoms in total. The number of hydrogen-bond donors (Lipinski definition) is 2. The molecule has 2 N–H and O–H groups in total. The van der Waals surface area contributed by atoms with Crippen molar-refractivity contribution in [3.8, 4) is 5.75 Å². The van der Waals surface area contributed by atoms with Crippen molar-refractivity contribution in [2.45, 2.75) is 4.90 Å². The van der Waals surface area contributed by atoms with Gasteiger partial charge in [-0.05, 0) is 12.1 Å². The van der Waals surface area contributed by atoms with E-state index in [-0.39, 0.29) is 4.90 Å². The van der Waals surface area contributed by atoms with Gasteiger partial charge in [0.2, 0.25) is 0 Å². The molecule has 1 aromatic carbocycles. The van der Waals surface area contributed by atoms with E-state index in [2.05, 4.69) is 4.65 Å². The molecule has 1 rings (SSSR count). The predicted octanol–water partition coefficient (Wildman–Crippen LogP) is -0.422. The normalized spacial score (nSPS) is 11.2. The summed E-state index contributed by atoms with van der Waals surface area (Å²) in [6.45, 7) is 0. The van der Waals surface area contributed by atoms with Gasteiger partial charge in [0.15, 0.2) is 15.7 Å². The molecule has 0 fully saturated rings. The van der Waals surface area contributed by atoms with Crippen LogP contribution in [0.1, 0.15) is 0 Å². The van der Waals surface area contributed by atoms with Crippen LogP contribution in [-0.4, -0.2) is 32.0 Å². The molecule has 0 bridgehead atoms. The Hall–Kier alpha value is -1.12. The Morgan fingerprint density at radius 3 is 2.47 bits per heavy atom. The molecule has 1 aromatic rings. The third-order valence-corrected chi connectivity index (χ3v) is 2.67. The molecule has 0 aliphatic heterocycles. The first-order valence-electron chi connectivity index (χ1n) is 3.83. The van der Waals surface area contributed by atoms with Gasteiger partial charge in [0, 0.05) is 12.3 Å². The minimum atomic E-state index is -3.49. The standard InChI is InChI=1S/C7H8BFO5S/c1-15(12,13)5-2-3-6(9)7(4-5)14-8(10)11/h2-4,10-11H,1H3. The summed E-state index contributed by atoms with van der Waals surface area (Å²) >= 11 is 0. The highest BCUT2D eigenvalue weighted by atomic mass is 32.2. The van der Waals surface area contributed by atoms with E-state index in [0.717, 1.165) is 24.5 Å². The van der Waals surface area contributed by atoms with Gasteiger partial charge in [-0.3, -0.25) is 0 Å². The first kappa shape index (κ1) is 12.0. The second-order valence-corrected chi connectivity index (χ2v) is 4.82. The highest BCUT2D eigenvalue weighted by molar-refractivity contribution is 7.90. The van der Waals surface area contributed by atoms with Crippen LogP contribution in [0.3, 0.4) is 0 Å². The van der Waals surface area contributed by atoms with Crippen LogP contribution in [0.25, 0.3) is 0 Å². The Balaban J connectivity index is 3.17. The Morgan fingerprint density at radius 2 is 2.00 bits per heavy atom. The fraction of sp³-hybridized carbons (Fsp3) is 0.143. The van der Waals surface area contributed by atoms with Crippen LogP contribution in [0.4, 0.5) is 4.39 Å². The van der Waals surface area contributed by atoms with E-state index in [4.69, 9.17) is 10.0 Å². The summed E-state index contributed by atoms with van der Waals surface area (Å²) in [4.78, 5) is -0.167. The third-order valence-electron chi connectivity index (χ3n) is 1.56. The zero-order valence-corrected chi connectivity index (χ0v) is 8.53. The zero-order valence-electron chi connectivity index (χ0n) is 7.71. The van der Waals surface area contributed by atoms with Crippen molar-refractivity contribution in [2.75, 3.05) is 6.26 Å². The molecule has 82 valence electrons. The van der Waals surface area contributed by atoms with Gasteiger partial charge in [-0.15, -0.1) is 0 Å². The minimum absolute atomic E-state index is 0.167. The Bertz CT molecular complexity index is 458. The van der Waals surface area contributed by atoms with Crippen molar-refractivity contribution in [3.63, 3.8) is 0 Å². The van der Waals surface area contributed by atoms with Crippen molar-refractivity contribution in [1.29, 1.82) is 0 Å². The monoisotopic (exact) mass is 234 g/mol. The minimum Gasteiger partial charge on any atom is -0.510 e. The molecule has 0 spiro atoms. The van der Waals surface area contributed by atoms with Crippen LogP contribution >= 0.6 is 0 Å². The zero-order chi connectivity index (χ0) is 11.6. The summed E-state index contributed by atoms with van der Waals surface area (Å²) in [5.41, 5.74) is 0. The molecule has 0 amide bonds. The van der Waals surface area contributed by atoms with Gasteiger partial charge >= 0.3 is 7.32 Å². The number of benzene rings is 1. The summed E-state index contributed by atoms with van der Waals surface area (Å²) < 4.78 is 39.4. The maximum atomic E-state index is 13.0. The third kappa shape index (κ3) is 3.19. The van der Waals surface area contributed by atoms with E-state index in [1.807, 2.05) is 0 Å². The van der Waals surface area contributed by atoms with Gasteiger partial charge in [0.1, 0.15) is 5.75 Å². The average molecular weight is 234 g/mol. The number of hydrogen-bond acceptors (Lipinski definition) is 5. The van der Waals surface area contributed by atoms with Gasteiger partial charge in [0.05, 0.1) is 4.90 Å². The Kier molecular flexibility index (Phi) is 3.33. The summed E-state index contributed by atoms with van der Waals surface area (Å²) in [5, 5.41) is 16.9. The number of halogens is 1. The van der Waals surface area contributed by atoms with E-state index in [0.29, 0.717) is 0 Å². The second-order valence-electron chi connectivity index (χ2n) is 2.81. The van der Waals surface area contributed by atoms with E-state index in [1.165, 1.54) is 0 Å². The molecule has 0 aliphatic rings. The molecule has 0 radical (unpaired) electrons. The molecular weight excluding hydrogens is 226 g/mol. The Morgan fingerprint density at radius 1 is 1.40 bits per heavy atom. The van der Waals surface area contributed by atoms with E-state index in [9.17, 15) is 12.8 Å². The quantitative estimate of drug-likeness (QED) is 0.548. The fourth-order valence-corrected chi connectivity index (χ4v) is 1.55. The molecule has 0 saturated carbocycles. The molecule has 0 atom stereocenters. The first-order chi connectivity index (χ1) is 6.80. The van der Waals surface area contributed by atoms with E-state index < -0.39 is 28.7 Å². The Labute approximate surface area is 86.2 Å². The van der Waals surface area contributed by atoms with E-state index in [1.54, 1.807) is 0 Å². The van der Waals surface area contributed by atoms with Gasteiger partial charge in [-0.2, -0.15) is 0 Å². The van der Waals surface area contributed by atoms with Crippen LogP contribution in [-0.2, 0) is 9.84 Å². The van der Waals surface area contributed by atoms with Crippen LogP contribution in [0.15, 0.2) is 23.1 Å². The largest absolute Gasteiger partial charge is 0.707 e. The maximum absolute atomic E-state index is 13.0. The second kappa shape index (κ2) is 4.17. The molecule has 0 saturated heterocycles. The summed E-state index contributed by atoms with van der Waals surface area (Å²) in [5.74, 6) is -1.41. The fourth-order valence-electron chi connectivity index (χ4n) is 0.918. The van der Waals surface area contributed by atoms with Gasteiger partial charge in [-0.1, -0.05) is 0 Å². The van der Waals surface area contributed by atoms with Crippen LogP contribution in [0.2, 0.25) is 0 Å². The lowest BCUT2D eigenvalue weighted by atomic mass is 10.2. The van der Waals surface area contributed by atoms with Crippen molar-refractivity contribution in [3.05, 3.63) is 24.0 Å². The molecule has 15 heavy (non-hydrogen) atoms. The predicted molar refractivity (Wildman–Crippen MR) is 50.3 cm³/mol. The molecule has 0 aliphatic carbocycles. The van der Waals surface area contributed by atoms with Gasteiger partial charge in [0.25, 0.3) is 0 Å². The lowest BCUT2D eigenvalue weighted by Crippen LogP contribution is -2.21. The van der Waals surface area contributed by atoms with E-state index >= 15 is 0 Å². The molecule has 0 unspecified atom stereocenters. The van der Waals surface area contributed by atoms with Crippen molar-refractivity contribution < 1.29 is 27.5 Å². The topological polar surface area (TPSA) is 83.8 Å². The van der Waals surface area contributed by atoms with Crippen molar-refractivity contribution in [1.82, 2.24) is 0 Å². The smallest absolute Gasteiger partial charge is 0.510 e. The molecule has 0 aromatic heterocycles. The molecule has 0 heterocycles. The van der Waals surface area contributed by atoms with Crippen molar-refractivity contribution >= 4 is 17.2 Å². The van der Waals surface area contributed by atoms with Crippen LogP contribution < -0.4 is 4.65 Å². The number of rotatable bonds is 3.